The zero-order valence-electron chi connectivity index (χ0n) is 27.4. The molecule has 0 heterocycles. The van der Waals surface area contributed by atoms with Gasteiger partial charge in [-0.25, -0.2) is 4.79 Å². The van der Waals surface area contributed by atoms with Crippen molar-refractivity contribution in [3.8, 4) is 6.07 Å². The van der Waals surface area contributed by atoms with Gasteiger partial charge in [0.15, 0.2) is 0 Å². The normalized spacial score (nSPS) is 11.5. The molecule has 0 spiro atoms. The van der Waals surface area contributed by atoms with Crippen molar-refractivity contribution in [2.45, 2.75) is 58.3 Å². The highest BCUT2D eigenvalue weighted by Gasteiger charge is 2.19. The van der Waals surface area contributed by atoms with Gasteiger partial charge in [-0.3, -0.25) is 9.69 Å². The molecule has 0 bridgehead atoms. The number of esters is 2. The molecule has 0 aliphatic heterocycles. The van der Waals surface area contributed by atoms with Crippen LogP contribution in [0, 0.1) is 11.3 Å². The van der Waals surface area contributed by atoms with Gasteiger partial charge in [0.05, 0.1) is 43.6 Å². The summed E-state index contributed by atoms with van der Waals surface area (Å²) in [6.45, 7) is 4.53. The van der Waals surface area contributed by atoms with Crippen LogP contribution in [0.25, 0.3) is 0 Å². The van der Waals surface area contributed by atoms with E-state index in [0.29, 0.717) is 50.3 Å². The predicted octanol–water partition coefficient (Wildman–Crippen LogP) is 7.62. The highest BCUT2D eigenvalue weighted by molar-refractivity contribution is 5.89. The van der Waals surface area contributed by atoms with E-state index in [-0.39, 0.29) is 18.0 Å². The second kappa shape index (κ2) is 19.0. The van der Waals surface area contributed by atoms with Crippen molar-refractivity contribution in [1.82, 2.24) is 4.90 Å². The van der Waals surface area contributed by atoms with Crippen molar-refractivity contribution in [2.24, 2.45) is 0 Å². The molecule has 4 rings (SSSR count). The lowest BCUT2D eigenvalue weighted by atomic mass is 10.0. The topological polar surface area (TPSA) is 88.9 Å². The molecule has 0 aliphatic rings. The van der Waals surface area contributed by atoms with Crippen LogP contribution >= 0.6 is 0 Å². The summed E-state index contributed by atoms with van der Waals surface area (Å²) in [5, 5.41) is 9.60. The molecule has 0 N–H and O–H groups in total. The zero-order valence-corrected chi connectivity index (χ0v) is 27.4. The number of carbonyl (C=O) groups is 2. The first-order valence-electron chi connectivity index (χ1n) is 16.3. The van der Waals surface area contributed by atoms with Crippen molar-refractivity contribution in [3.63, 3.8) is 0 Å². The van der Waals surface area contributed by atoms with Gasteiger partial charge >= 0.3 is 11.9 Å². The number of benzene rings is 4. The molecule has 0 fully saturated rings. The summed E-state index contributed by atoms with van der Waals surface area (Å²) in [7, 11) is 1.37. The quantitative estimate of drug-likeness (QED) is 0.0823. The number of carbonyl (C=O) groups excluding carboxylic acids is 2. The monoisotopic (exact) mass is 632 g/mol. The van der Waals surface area contributed by atoms with Gasteiger partial charge in [-0.1, -0.05) is 78.9 Å². The molecule has 7 nitrogen and oxygen atoms in total. The van der Waals surface area contributed by atoms with E-state index in [0.717, 1.165) is 42.5 Å². The van der Waals surface area contributed by atoms with Crippen molar-refractivity contribution >= 4 is 11.9 Å². The average Bonchev–Trinajstić information content (AvgIpc) is 3.11. The fourth-order valence-corrected chi connectivity index (χ4v) is 5.42. The van der Waals surface area contributed by atoms with E-state index in [1.54, 1.807) is 18.2 Å². The van der Waals surface area contributed by atoms with E-state index in [1.165, 1.54) is 18.2 Å². The number of methoxy groups -OCH3 is 1. The van der Waals surface area contributed by atoms with Crippen LogP contribution in [0.4, 0.5) is 0 Å². The fourth-order valence-electron chi connectivity index (χ4n) is 5.42. The molecule has 1 atom stereocenters. The summed E-state index contributed by atoms with van der Waals surface area (Å²) in [6.07, 6.45) is 3.55. The number of unbranched alkanes of at least 4 members (excludes halogenated alkanes) is 1. The third-order valence-corrected chi connectivity index (χ3v) is 8.02. The van der Waals surface area contributed by atoms with Gasteiger partial charge in [0, 0.05) is 19.5 Å². The van der Waals surface area contributed by atoms with E-state index in [9.17, 15) is 14.9 Å². The third kappa shape index (κ3) is 11.8. The van der Waals surface area contributed by atoms with Crippen LogP contribution in [0.3, 0.4) is 0 Å². The lowest BCUT2D eigenvalue weighted by molar-refractivity contribution is -0.143. The largest absolute Gasteiger partial charge is 0.466 e. The SMILES string of the molecule is CCOC(=O)CCCCN(Cc1ccc(C(=O)OC)cc1)C[C@H](OCc1ccc(CCc2ccccc2)cc1)c1cccc(C#N)c1. The maximum atomic E-state index is 12.0. The van der Waals surface area contributed by atoms with Crippen LogP contribution in [0.1, 0.15) is 76.0 Å². The Kier molecular flexibility index (Phi) is 14.2. The fraction of sp³-hybridized carbons (Fsp3) is 0.325. The summed E-state index contributed by atoms with van der Waals surface area (Å²) in [5.41, 5.74) is 6.74. The highest BCUT2D eigenvalue weighted by Crippen LogP contribution is 2.24. The van der Waals surface area contributed by atoms with Gasteiger partial charge in [0.2, 0.25) is 0 Å². The molecular weight excluding hydrogens is 588 g/mol. The molecular formula is C40H44N2O5. The number of nitrogens with zero attached hydrogens (tertiary/aromatic N) is 2. The summed E-state index contributed by atoms with van der Waals surface area (Å²) in [5.74, 6) is -0.555. The van der Waals surface area contributed by atoms with Crippen LogP contribution in [0.2, 0.25) is 0 Å². The van der Waals surface area contributed by atoms with Gasteiger partial charge in [0.25, 0.3) is 0 Å². The van der Waals surface area contributed by atoms with Crippen molar-refractivity contribution in [2.75, 3.05) is 26.8 Å². The molecule has 244 valence electrons. The number of rotatable bonds is 18. The molecule has 4 aromatic carbocycles. The van der Waals surface area contributed by atoms with E-state index < -0.39 is 0 Å². The summed E-state index contributed by atoms with van der Waals surface area (Å²) in [4.78, 5) is 26.2. The molecule has 4 aromatic rings. The van der Waals surface area contributed by atoms with Gasteiger partial charge in [-0.15, -0.1) is 0 Å². The maximum Gasteiger partial charge on any atom is 0.337 e. The Balaban J connectivity index is 1.47. The second-order valence-corrected chi connectivity index (χ2v) is 11.5. The Morgan fingerprint density at radius 3 is 2.17 bits per heavy atom. The van der Waals surface area contributed by atoms with Gasteiger partial charge < -0.3 is 14.2 Å². The van der Waals surface area contributed by atoms with E-state index >= 15 is 0 Å². The Hall–Kier alpha value is -4.77. The first-order chi connectivity index (χ1) is 23.0. The number of nitriles is 1. The van der Waals surface area contributed by atoms with Gasteiger partial charge in [-0.05, 0) is 91.2 Å². The van der Waals surface area contributed by atoms with Gasteiger partial charge in [-0.2, -0.15) is 5.26 Å². The Morgan fingerprint density at radius 2 is 1.49 bits per heavy atom. The molecule has 47 heavy (non-hydrogen) atoms. The number of aryl methyl sites for hydroxylation is 2. The number of hydrogen-bond donors (Lipinski definition) is 0. The van der Waals surface area contributed by atoms with Crippen LogP contribution in [0.5, 0.6) is 0 Å². The Bertz CT molecular complexity index is 1580. The summed E-state index contributed by atoms with van der Waals surface area (Å²) in [6, 6.07) is 36.3. The average molecular weight is 633 g/mol. The lowest BCUT2D eigenvalue weighted by Gasteiger charge is -2.28. The zero-order chi connectivity index (χ0) is 33.3. The molecule has 0 amide bonds. The highest BCUT2D eigenvalue weighted by atomic mass is 16.5. The van der Waals surface area contributed by atoms with Crippen LogP contribution in [-0.2, 0) is 45.0 Å². The molecule has 0 aromatic heterocycles. The second-order valence-electron chi connectivity index (χ2n) is 11.5. The standard InChI is InChI=1S/C40H44N2O5/c1-3-46-39(43)14-7-8-25-42(28-33-21-23-36(24-22-33)40(44)45-2)29-38(37-13-9-12-35(26-37)27-41)47-30-34-19-17-32(18-20-34)16-15-31-10-5-4-6-11-31/h4-6,9-13,17-24,26,38H,3,7-8,14-16,25,28-30H2,1-2H3/t38-/m0/s1. The van der Waals surface area contributed by atoms with E-state index in [2.05, 4.69) is 59.5 Å². The first-order valence-corrected chi connectivity index (χ1v) is 16.3. The molecule has 0 radical (unpaired) electrons. The maximum absolute atomic E-state index is 12.0. The Morgan fingerprint density at radius 1 is 0.809 bits per heavy atom. The van der Waals surface area contributed by atoms with Crippen molar-refractivity contribution in [1.29, 1.82) is 5.26 Å². The lowest BCUT2D eigenvalue weighted by Crippen LogP contribution is -2.30. The summed E-state index contributed by atoms with van der Waals surface area (Å²) < 4.78 is 16.6. The molecule has 0 saturated carbocycles. The minimum atomic E-state index is -0.373. The van der Waals surface area contributed by atoms with Crippen molar-refractivity contribution < 1.29 is 23.8 Å². The van der Waals surface area contributed by atoms with Crippen LogP contribution in [0.15, 0.2) is 103 Å². The first kappa shape index (κ1) is 35.1. The number of hydrogen-bond acceptors (Lipinski definition) is 7. The van der Waals surface area contributed by atoms with E-state index in [1.807, 2.05) is 43.3 Å². The third-order valence-electron chi connectivity index (χ3n) is 8.02. The number of ether oxygens (including phenoxy) is 3. The van der Waals surface area contributed by atoms with Gasteiger partial charge in [0.1, 0.15) is 0 Å². The Labute approximate surface area is 278 Å². The minimum Gasteiger partial charge on any atom is -0.466 e. The van der Waals surface area contributed by atoms with Crippen LogP contribution < -0.4 is 0 Å². The minimum absolute atomic E-state index is 0.182. The molecule has 0 aliphatic carbocycles. The molecule has 0 saturated heterocycles. The predicted molar refractivity (Wildman–Crippen MR) is 183 cm³/mol. The van der Waals surface area contributed by atoms with E-state index in [4.69, 9.17) is 14.2 Å². The smallest absolute Gasteiger partial charge is 0.337 e. The van der Waals surface area contributed by atoms with Crippen LogP contribution in [-0.4, -0.2) is 43.6 Å². The summed E-state index contributed by atoms with van der Waals surface area (Å²) >= 11 is 0. The van der Waals surface area contributed by atoms with Crippen molar-refractivity contribution in [3.05, 3.63) is 142 Å². The molecule has 7 heteroatoms. The molecule has 0 unspecified atom stereocenters.